The fourth-order valence-corrected chi connectivity index (χ4v) is 3.76. The summed E-state index contributed by atoms with van der Waals surface area (Å²) in [6.45, 7) is 7.85. The summed E-state index contributed by atoms with van der Waals surface area (Å²) in [5.74, 6) is 1.78. The van der Waals surface area contributed by atoms with Gasteiger partial charge in [-0.25, -0.2) is 4.98 Å². The van der Waals surface area contributed by atoms with Crippen LogP contribution in [0, 0.1) is 5.92 Å². The van der Waals surface area contributed by atoms with Crippen LogP contribution in [0.1, 0.15) is 44.9 Å². The Balaban J connectivity index is 1.62. The summed E-state index contributed by atoms with van der Waals surface area (Å²) >= 11 is 1.46. The number of nitrogens with zero attached hydrogens (tertiary/aromatic N) is 4. The Morgan fingerprint density at radius 1 is 1.30 bits per heavy atom. The van der Waals surface area contributed by atoms with Crippen molar-refractivity contribution in [3.05, 3.63) is 5.82 Å². The molecule has 1 aromatic heterocycles. The van der Waals surface area contributed by atoms with Gasteiger partial charge in [0.25, 0.3) is 0 Å². The molecule has 0 saturated carbocycles. The molecule has 1 unspecified atom stereocenters. The van der Waals surface area contributed by atoms with Crippen molar-refractivity contribution in [3.8, 4) is 0 Å². The van der Waals surface area contributed by atoms with Gasteiger partial charge in [-0.15, -0.1) is 0 Å². The average Bonchev–Trinajstić information content (AvgIpc) is 3.17. The molecule has 0 spiro atoms. The van der Waals surface area contributed by atoms with E-state index in [2.05, 4.69) is 28.1 Å². The predicted molar refractivity (Wildman–Crippen MR) is 80.1 cm³/mol. The number of carbonyl (C=O) groups is 1. The molecule has 1 atom stereocenters. The molecular formula is C14H22N4OS. The van der Waals surface area contributed by atoms with Gasteiger partial charge in [0.1, 0.15) is 5.82 Å². The number of amides is 1. The second-order valence-electron chi connectivity index (χ2n) is 6.05. The zero-order chi connectivity index (χ0) is 14.1. The van der Waals surface area contributed by atoms with E-state index in [0.717, 1.165) is 56.4 Å². The van der Waals surface area contributed by atoms with Crippen LogP contribution in [-0.4, -0.2) is 46.3 Å². The first-order valence-electron chi connectivity index (χ1n) is 7.52. The highest BCUT2D eigenvalue weighted by Gasteiger charge is 2.33. The van der Waals surface area contributed by atoms with Gasteiger partial charge in [-0.2, -0.15) is 4.37 Å². The van der Waals surface area contributed by atoms with Gasteiger partial charge in [0, 0.05) is 43.6 Å². The summed E-state index contributed by atoms with van der Waals surface area (Å²) in [6.07, 6.45) is 3.28. The standard InChI is InChI=1S/C14H22N4OS/c1-10(2)12-15-14(20-16-12)18-8-5-11(9-18)13(19)17-6-3-4-7-17/h10-11H,3-9H2,1-2H3. The average molecular weight is 294 g/mol. The van der Waals surface area contributed by atoms with Crippen LogP contribution >= 0.6 is 11.5 Å². The zero-order valence-corrected chi connectivity index (χ0v) is 13.0. The predicted octanol–water partition coefficient (Wildman–Crippen LogP) is 2.11. The minimum absolute atomic E-state index is 0.152. The lowest BCUT2D eigenvalue weighted by atomic mass is 10.1. The van der Waals surface area contributed by atoms with Gasteiger partial charge >= 0.3 is 0 Å². The quantitative estimate of drug-likeness (QED) is 0.857. The lowest BCUT2D eigenvalue weighted by Crippen LogP contribution is -2.35. The molecule has 0 aliphatic carbocycles. The van der Waals surface area contributed by atoms with Gasteiger partial charge in [0.2, 0.25) is 11.0 Å². The molecule has 2 fully saturated rings. The van der Waals surface area contributed by atoms with E-state index >= 15 is 0 Å². The van der Waals surface area contributed by atoms with E-state index in [4.69, 9.17) is 0 Å². The topological polar surface area (TPSA) is 49.3 Å². The Bertz CT molecular complexity index is 481. The van der Waals surface area contributed by atoms with Crippen molar-refractivity contribution in [1.82, 2.24) is 14.3 Å². The van der Waals surface area contributed by atoms with Crippen molar-refractivity contribution in [2.24, 2.45) is 5.92 Å². The van der Waals surface area contributed by atoms with Crippen LogP contribution in [0.2, 0.25) is 0 Å². The Labute approximate surface area is 124 Å². The summed E-state index contributed by atoms with van der Waals surface area (Å²) in [6, 6.07) is 0. The van der Waals surface area contributed by atoms with Crippen LogP contribution in [0.25, 0.3) is 0 Å². The summed E-state index contributed by atoms with van der Waals surface area (Å²) in [5.41, 5.74) is 0. The lowest BCUT2D eigenvalue weighted by Gasteiger charge is -2.20. The minimum Gasteiger partial charge on any atom is -0.346 e. The number of anilines is 1. The molecule has 1 aromatic rings. The van der Waals surface area contributed by atoms with E-state index < -0.39 is 0 Å². The summed E-state index contributed by atoms with van der Waals surface area (Å²) in [5, 5.41) is 0.977. The van der Waals surface area contributed by atoms with Gasteiger partial charge < -0.3 is 9.80 Å². The van der Waals surface area contributed by atoms with Crippen LogP contribution in [0.4, 0.5) is 5.13 Å². The second kappa shape index (κ2) is 5.68. The van der Waals surface area contributed by atoms with Crippen molar-refractivity contribution in [3.63, 3.8) is 0 Å². The molecule has 20 heavy (non-hydrogen) atoms. The minimum atomic E-state index is 0.152. The molecule has 2 saturated heterocycles. The molecule has 2 aliphatic rings. The van der Waals surface area contributed by atoms with E-state index in [1.807, 2.05) is 4.90 Å². The largest absolute Gasteiger partial charge is 0.346 e. The van der Waals surface area contributed by atoms with Crippen LogP contribution in [0.5, 0.6) is 0 Å². The van der Waals surface area contributed by atoms with Gasteiger partial charge in [0.15, 0.2) is 0 Å². The van der Waals surface area contributed by atoms with Crippen molar-refractivity contribution >= 4 is 22.6 Å². The summed E-state index contributed by atoms with van der Waals surface area (Å²) in [4.78, 5) is 21.3. The van der Waals surface area contributed by atoms with E-state index in [0.29, 0.717) is 11.8 Å². The number of hydrogen-bond acceptors (Lipinski definition) is 5. The van der Waals surface area contributed by atoms with Crippen LogP contribution in [0.3, 0.4) is 0 Å². The van der Waals surface area contributed by atoms with Gasteiger partial charge in [-0.1, -0.05) is 13.8 Å². The van der Waals surface area contributed by atoms with Crippen molar-refractivity contribution in [2.45, 2.75) is 39.0 Å². The molecule has 0 aromatic carbocycles. The van der Waals surface area contributed by atoms with Gasteiger partial charge in [-0.05, 0) is 19.3 Å². The van der Waals surface area contributed by atoms with Crippen LogP contribution in [-0.2, 0) is 4.79 Å². The molecule has 0 bridgehead atoms. The molecule has 1 amide bonds. The highest BCUT2D eigenvalue weighted by molar-refractivity contribution is 7.09. The smallest absolute Gasteiger partial charge is 0.227 e. The molecular weight excluding hydrogens is 272 g/mol. The maximum atomic E-state index is 12.4. The molecule has 2 aliphatic heterocycles. The molecule has 3 heterocycles. The Morgan fingerprint density at radius 3 is 2.70 bits per heavy atom. The Hall–Kier alpha value is -1.17. The normalized spacial score (nSPS) is 23.1. The first kappa shape index (κ1) is 13.8. The van der Waals surface area contributed by atoms with Crippen molar-refractivity contribution in [2.75, 3.05) is 31.1 Å². The van der Waals surface area contributed by atoms with Crippen LogP contribution < -0.4 is 4.90 Å². The number of hydrogen-bond donors (Lipinski definition) is 0. The fourth-order valence-electron chi connectivity index (χ4n) is 2.92. The number of aromatic nitrogens is 2. The maximum Gasteiger partial charge on any atom is 0.227 e. The lowest BCUT2D eigenvalue weighted by molar-refractivity contribution is -0.133. The zero-order valence-electron chi connectivity index (χ0n) is 12.2. The molecule has 0 radical (unpaired) electrons. The third kappa shape index (κ3) is 2.66. The van der Waals surface area contributed by atoms with Crippen molar-refractivity contribution in [1.29, 1.82) is 0 Å². The first-order chi connectivity index (χ1) is 9.65. The molecule has 6 heteroatoms. The number of rotatable bonds is 3. The van der Waals surface area contributed by atoms with E-state index in [1.165, 1.54) is 11.5 Å². The first-order valence-corrected chi connectivity index (χ1v) is 8.30. The summed E-state index contributed by atoms with van der Waals surface area (Å²) in [7, 11) is 0. The number of carbonyl (C=O) groups excluding carboxylic acids is 1. The maximum absolute atomic E-state index is 12.4. The van der Waals surface area contributed by atoms with E-state index in [-0.39, 0.29) is 5.92 Å². The van der Waals surface area contributed by atoms with E-state index in [1.54, 1.807) is 0 Å². The van der Waals surface area contributed by atoms with Crippen LogP contribution in [0.15, 0.2) is 0 Å². The monoisotopic (exact) mass is 294 g/mol. The molecule has 3 rings (SSSR count). The Kier molecular flexibility index (Phi) is 3.92. The third-order valence-corrected chi connectivity index (χ3v) is 4.96. The third-order valence-electron chi connectivity index (χ3n) is 4.17. The van der Waals surface area contributed by atoms with E-state index in [9.17, 15) is 4.79 Å². The highest BCUT2D eigenvalue weighted by atomic mass is 32.1. The number of likely N-dealkylation sites (tertiary alicyclic amines) is 1. The van der Waals surface area contributed by atoms with Gasteiger partial charge in [0.05, 0.1) is 5.92 Å². The Morgan fingerprint density at radius 2 is 2.05 bits per heavy atom. The molecule has 0 N–H and O–H groups in total. The summed E-state index contributed by atoms with van der Waals surface area (Å²) < 4.78 is 4.40. The van der Waals surface area contributed by atoms with Gasteiger partial charge in [-0.3, -0.25) is 4.79 Å². The molecule has 110 valence electrons. The highest BCUT2D eigenvalue weighted by Crippen LogP contribution is 2.28. The molecule has 5 nitrogen and oxygen atoms in total. The van der Waals surface area contributed by atoms with Crippen molar-refractivity contribution < 1.29 is 4.79 Å². The SMILES string of the molecule is CC(C)c1nsc(N2CCC(C(=O)N3CCCC3)C2)n1. The fraction of sp³-hybridized carbons (Fsp3) is 0.786. The second-order valence-corrected chi connectivity index (χ2v) is 6.78.